The van der Waals surface area contributed by atoms with Crippen LogP contribution in [-0.2, 0) is 21.2 Å². The summed E-state index contributed by atoms with van der Waals surface area (Å²) in [5.41, 5.74) is 1.32. The molecule has 1 aliphatic rings. The zero-order valence-electron chi connectivity index (χ0n) is 9.46. The van der Waals surface area contributed by atoms with Gasteiger partial charge in [-0.3, -0.25) is 0 Å². The summed E-state index contributed by atoms with van der Waals surface area (Å²) < 4.78 is 29.0. The summed E-state index contributed by atoms with van der Waals surface area (Å²) in [4.78, 5) is 0. The van der Waals surface area contributed by atoms with E-state index in [2.05, 4.69) is 15.9 Å². The molecule has 1 aromatic rings. The van der Waals surface area contributed by atoms with E-state index in [1.165, 1.54) is 0 Å². The average Bonchev–Trinajstić information content (AvgIpc) is 2.36. The lowest BCUT2D eigenvalue weighted by molar-refractivity contribution is 0.137. The van der Waals surface area contributed by atoms with Crippen LogP contribution in [0.5, 0.6) is 5.75 Å². The van der Waals surface area contributed by atoms with Crippen molar-refractivity contribution in [3.05, 3.63) is 27.7 Å². The van der Waals surface area contributed by atoms with Crippen LogP contribution in [0.25, 0.3) is 0 Å². The minimum absolute atomic E-state index is 0.216. The molecule has 17 heavy (non-hydrogen) atoms. The van der Waals surface area contributed by atoms with Crippen molar-refractivity contribution in [3.63, 3.8) is 0 Å². The van der Waals surface area contributed by atoms with E-state index in [1.807, 2.05) is 19.9 Å². The standard InChI is InChI=1S/C11H12BrClO3S/c1-11(2)5-7-3-9(12)4-8(10(7)16-11)6-17(13,14)15/h3-4H,5-6H2,1-2H3. The van der Waals surface area contributed by atoms with Gasteiger partial charge >= 0.3 is 0 Å². The maximum Gasteiger partial charge on any atom is 0.236 e. The van der Waals surface area contributed by atoms with Crippen molar-refractivity contribution in [2.75, 3.05) is 0 Å². The largest absolute Gasteiger partial charge is 0.487 e. The Balaban J connectivity index is 2.49. The summed E-state index contributed by atoms with van der Waals surface area (Å²) in [6.45, 7) is 3.94. The molecule has 0 atom stereocenters. The van der Waals surface area contributed by atoms with Crippen LogP contribution in [0.3, 0.4) is 0 Å². The number of halogens is 2. The highest BCUT2D eigenvalue weighted by Crippen LogP contribution is 2.40. The summed E-state index contributed by atoms with van der Waals surface area (Å²) in [7, 11) is 1.71. The zero-order chi connectivity index (χ0) is 12.8. The Kier molecular flexibility index (Phi) is 3.21. The number of ether oxygens (including phenoxy) is 1. The maximum atomic E-state index is 11.2. The molecule has 0 saturated heterocycles. The minimum Gasteiger partial charge on any atom is -0.487 e. The molecule has 1 aromatic carbocycles. The Hall–Kier alpha value is -0.260. The topological polar surface area (TPSA) is 43.4 Å². The van der Waals surface area contributed by atoms with Gasteiger partial charge in [-0.2, -0.15) is 0 Å². The number of benzene rings is 1. The molecule has 1 heterocycles. The maximum absolute atomic E-state index is 11.2. The third-order valence-corrected chi connectivity index (χ3v) is 3.97. The molecule has 1 aliphatic heterocycles. The number of hydrogen-bond acceptors (Lipinski definition) is 3. The van der Waals surface area contributed by atoms with Crippen molar-refractivity contribution in [1.82, 2.24) is 0 Å². The van der Waals surface area contributed by atoms with Crippen LogP contribution in [0.4, 0.5) is 0 Å². The summed E-state index contributed by atoms with van der Waals surface area (Å²) in [6.07, 6.45) is 0.761. The third-order valence-electron chi connectivity index (χ3n) is 2.53. The first kappa shape index (κ1) is 13.2. The Morgan fingerprint density at radius 1 is 1.47 bits per heavy atom. The second kappa shape index (κ2) is 4.14. The highest BCUT2D eigenvalue weighted by Gasteiger charge is 2.32. The fourth-order valence-electron chi connectivity index (χ4n) is 2.04. The molecule has 0 saturated carbocycles. The highest BCUT2D eigenvalue weighted by molar-refractivity contribution is 9.10. The number of hydrogen-bond donors (Lipinski definition) is 0. The van der Waals surface area contributed by atoms with Crippen molar-refractivity contribution < 1.29 is 13.2 Å². The summed E-state index contributed by atoms with van der Waals surface area (Å²) in [5.74, 6) is 0.439. The SMILES string of the molecule is CC1(C)Cc2cc(Br)cc(CS(=O)(=O)Cl)c2O1. The van der Waals surface area contributed by atoms with Gasteiger partial charge in [0.1, 0.15) is 11.4 Å². The van der Waals surface area contributed by atoms with Gasteiger partial charge < -0.3 is 4.74 Å². The lowest BCUT2D eigenvalue weighted by Crippen LogP contribution is -2.24. The third kappa shape index (κ3) is 3.14. The van der Waals surface area contributed by atoms with Crippen molar-refractivity contribution in [1.29, 1.82) is 0 Å². The highest BCUT2D eigenvalue weighted by atomic mass is 79.9. The normalized spacial score (nSPS) is 17.6. The smallest absolute Gasteiger partial charge is 0.236 e. The zero-order valence-corrected chi connectivity index (χ0v) is 12.6. The van der Waals surface area contributed by atoms with E-state index >= 15 is 0 Å². The second-order valence-electron chi connectivity index (χ2n) is 4.77. The fraction of sp³-hybridized carbons (Fsp3) is 0.455. The first-order valence-electron chi connectivity index (χ1n) is 5.09. The number of rotatable bonds is 2. The second-order valence-corrected chi connectivity index (χ2v) is 8.47. The molecule has 2 rings (SSSR count). The van der Waals surface area contributed by atoms with Crippen LogP contribution in [0, 0.1) is 0 Å². The average molecular weight is 340 g/mol. The van der Waals surface area contributed by atoms with E-state index in [1.54, 1.807) is 6.07 Å². The van der Waals surface area contributed by atoms with Gasteiger partial charge in [-0.1, -0.05) is 15.9 Å². The van der Waals surface area contributed by atoms with Crippen LogP contribution in [0.2, 0.25) is 0 Å². The molecule has 3 nitrogen and oxygen atoms in total. The molecule has 0 N–H and O–H groups in total. The van der Waals surface area contributed by atoms with E-state index < -0.39 is 9.05 Å². The van der Waals surface area contributed by atoms with Gasteiger partial charge in [0, 0.05) is 27.1 Å². The monoisotopic (exact) mass is 338 g/mol. The summed E-state index contributed by atoms with van der Waals surface area (Å²) >= 11 is 3.37. The van der Waals surface area contributed by atoms with Gasteiger partial charge in [0.2, 0.25) is 9.05 Å². The minimum atomic E-state index is -3.58. The van der Waals surface area contributed by atoms with Gasteiger partial charge in [-0.05, 0) is 31.5 Å². The van der Waals surface area contributed by atoms with Crippen LogP contribution >= 0.6 is 26.6 Å². The fourth-order valence-corrected chi connectivity index (χ4v) is 3.53. The number of fused-ring (bicyclic) bond motifs is 1. The van der Waals surface area contributed by atoms with Gasteiger partial charge in [-0.15, -0.1) is 0 Å². The van der Waals surface area contributed by atoms with E-state index in [-0.39, 0.29) is 11.4 Å². The van der Waals surface area contributed by atoms with Crippen LogP contribution < -0.4 is 4.74 Å². The molecule has 94 valence electrons. The van der Waals surface area contributed by atoms with Gasteiger partial charge in [-0.25, -0.2) is 8.42 Å². The molecular formula is C11H12BrClO3S. The molecule has 6 heteroatoms. The van der Waals surface area contributed by atoms with Crippen LogP contribution in [0.15, 0.2) is 16.6 Å². The first-order valence-corrected chi connectivity index (χ1v) is 8.36. The molecule has 0 bridgehead atoms. The molecule has 0 unspecified atom stereocenters. The van der Waals surface area contributed by atoms with E-state index in [4.69, 9.17) is 15.4 Å². The molecule has 0 aromatic heterocycles. The van der Waals surface area contributed by atoms with E-state index in [0.29, 0.717) is 11.3 Å². The summed E-state index contributed by atoms with van der Waals surface area (Å²) in [6, 6.07) is 3.69. The van der Waals surface area contributed by atoms with Crippen LogP contribution in [0.1, 0.15) is 25.0 Å². The Morgan fingerprint density at radius 3 is 2.71 bits per heavy atom. The van der Waals surface area contributed by atoms with Crippen LogP contribution in [-0.4, -0.2) is 14.0 Å². The molecule has 0 spiro atoms. The Bertz CT molecular complexity index is 566. The van der Waals surface area contributed by atoms with Crippen molar-refractivity contribution in [2.45, 2.75) is 31.6 Å². The Labute approximate surface area is 114 Å². The first-order chi connectivity index (χ1) is 7.66. The lowest BCUT2D eigenvalue weighted by Gasteiger charge is -2.18. The van der Waals surface area contributed by atoms with Gasteiger partial charge in [0.15, 0.2) is 0 Å². The van der Waals surface area contributed by atoms with E-state index in [9.17, 15) is 8.42 Å². The molecule has 0 aliphatic carbocycles. The summed E-state index contributed by atoms with van der Waals surface area (Å²) in [5, 5.41) is 0. The predicted octanol–water partition coefficient (Wildman–Crippen LogP) is 3.23. The molecular weight excluding hydrogens is 328 g/mol. The van der Waals surface area contributed by atoms with Crippen molar-refractivity contribution in [3.8, 4) is 5.75 Å². The van der Waals surface area contributed by atoms with Crippen molar-refractivity contribution >= 4 is 35.7 Å². The van der Waals surface area contributed by atoms with Crippen molar-refractivity contribution in [2.24, 2.45) is 0 Å². The van der Waals surface area contributed by atoms with Gasteiger partial charge in [0.05, 0.1) is 5.75 Å². The molecule has 0 radical (unpaired) electrons. The molecule has 0 amide bonds. The Morgan fingerprint density at radius 2 is 2.12 bits per heavy atom. The van der Waals surface area contributed by atoms with E-state index in [0.717, 1.165) is 16.5 Å². The quantitative estimate of drug-likeness (QED) is 0.777. The molecule has 0 fully saturated rings. The predicted molar refractivity (Wildman–Crippen MR) is 71.0 cm³/mol. The van der Waals surface area contributed by atoms with Gasteiger partial charge in [0.25, 0.3) is 0 Å². The lowest BCUT2D eigenvalue weighted by atomic mass is 10.0.